The summed E-state index contributed by atoms with van der Waals surface area (Å²) in [5.41, 5.74) is 0. The van der Waals surface area contributed by atoms with Gasteiger partial charge in [-0.1, -0.05) is 71.1 Å². The number of hydrogen-bond acceptors (Lipinski definition) is 1. The van der Waals surface area contributed by atoms with Crippen LogP contribution < -0.4 is 0 Å². The van der Waals surface area contributed by atoms with Gasteiger partial charge in [0.1, 0.15) is 0 Å². The van der Waals surface area contributed by atoms with Crippen LogP contribution in [0, 0.1) is 0 Å². The molecule has 3 heteroatoms. The van der Waals surface area contributed by atoms with Crippen LogP contribution in [-0.2, 0) is 4.79 Å². The molecule has 0 aliphatic heterocycles. The predicted octanol–water partition coefficient (Wildman–Crippen LogP) is 4.39. The molecule has 0 atom stereocenters. The number of carboxylic acids is 1. The van der Waals surface area contributed by atoms with Crippen LogP contribution in [0.15, 0.2) is 0 Å². The molecule has 98 valence electrons. The fourth-order valence-electron chi connectivity index (χ4n) is 1.94. The van der Waals surface area contributed by atoms with Crippen molar-refractivity contribution in [3.63, 3.8) is 0 Å². The number of carbonyl (C=O) groups is 1. The lowest BCUT2D eigenvalue weighted by Crippen LogP contribution is -1.93. The van der Waals surface area contributed by atoms with Crippen molar-refractivity contribution in [3.8, 4) is 0 Å². The van der Waals surface area contributed by atoms with Gasteiger partial charge in [0.05, 0.1) is 0 Å². The molecule has 0 aliphatic rings. The van der Waals surface area contributed by atoms with Gasteiger partial charge < -0.3 is 5.11 Å². The Labute approximate surface area is 123 Å². The Morgan fingerprint density at radius 2 is 1.12 bits per heavy atom. The largest absolute Gasteiger partial charge is 0.481 e. The van der Waals surface area contributed by atoms with Gasteiger partial charge in [-0.05, 0) is 6.42 Å². The van der Waals surface area contributed by atoms with E-state index in [1.54, 1.807) is 0 Å². The van der Waals surface area contributed by atoms with E-state index in [-0.39, 0.29) is 23.1 Å². The zero-order chi connectivity index (χ0) is 12.1. The van der Waals surface area contributed by atoms with E-state index in [4.69, 9.17) is 5.11 Å². The zero-order valence-corrected chi connectivity index (χ0v) is 13.0. The molecule has 0 aromatic carbocycles. The van der Waals surface area contributed by atoms with E-state index >= 15 is 0 Å². The first-order valence-electron chi connectivity index (χ1n) is 6.99. The highest BCUT2D eigenvalue weighted by atomic mass is 24.3. The molecule has 0 unspecified atom stereocenters. The SMILES string of the molecule is CCCCCCCCCCCCCC(=O)O.[Mg]. The Balaban J connectivity index is 0. The predicted molar refractivity (Wildman–Crippen MR) is 74.5 cm³/mol. The minimum absolute atomic E-state index is 0. The molecule has 0 aromatic rings. The quantitative estimate of drug-likeness (QED) is 0.413. The number of aliphatic carboxylic acids is 1. The van der Waals surface area contributed by atoms with Gasteiger partial charge in [-0.15, -0.1) is 0 Å². The van der Waals surface area contributed by atoms with E-state index in [1.165, 1.54) is 57.8 Å². The van der Waals surface area contributed by atoms with Crippen molar-refractivity contribution < 1.29 is 9.90 Å². The Morgan fingerprint density at radius 1 is 0.765 bits per heavy atom. The Hall–Kier alpha value is 0.236. The third kappa shape index (κ3) is 18.8. The maximum Gasteiger partial charge on any atom is 0.303 e. The lowest BCUT2D eigenvalue weighted by atomic mass is 10.1. The summed E-state index contributed by atoms with van der Waals surface area (Å²) >= 11 is 0. The third-order valence-electron chi connectivity index (χ3n) is 2.99. The molecule has 0 saturated heterocycles. The van der Waals surface area contributed by atoms with Crippen molar-refractivity contribution in [1.82, 2.24) is 0 Å². The lowest BCUT2D eigenvalue weighted by molar-refractivity contribution is -0.137. The topological polar surface area (TPSA) is 37.3 Å². The Bertz CT molecular complexity index is 160. The second-order valence-electron chi connectivity index (χ2n) is 4.68. The van der Waals surface area contributed by atoms with Crippen molar-refractivity contribution in [2.75, 3.05) is 0 Å². The van der Waals surface area contributed by atoms with Crippen LogP contribution in [0.25, 0.3) is 0 Å². The minimum Gasteiger partial charge on any atom is -0.481 e. The molecule has 0 aromatic heterocycles. The number of rotatable bonds is 12. The van der Waals surface area contributed by atoms with Crippen LogP contribution in [0.1, 0.15) is 84.0 Å². The lowest BCUT2D eigenvalue weighted by Gasteiger charge is -2.01. The van der Waals surface area contributed by atoms with Gasteiger partial charge in [-0.3, -0.25) is 4.79 Å². The van der Waals surface area contributed by atoms with Gasteiger partial charge in [-0.25, -0.2) is 0 Å². The van der Waals surface area contributed by atoms with Gasteiger partial charge in [-0.2, -0.15) is 0 Å². The second kappa shape index (κ2) is 16.2. The van der Waals surface area contributed by atoms with E-state index in [1.807, 2.05) is 0 Å². The van der Waals surface area contributed by atoms with Gasteiger partial charge >= 0.3 is 5.97 Å². The van der Waals surface area contributed by atoms with Gasteiger partial charge in [0.15, 0.2) is 0 Å². The number of unbranched alkanes of at least 4 members (excludes halogenated alkanes) is 10. The molecule has 0 spiro atoms. The highest BCUT2D eigenvalue weighted by molar-refractivity contribution is 5.75. The molecule has 2 nitrogen and oxygen atoms in total. The zero-order valence-electron chi connectivity index (χ0n) is 11.5. The summed E-state index contributed by atoms with van der Waals surface area (Å²) in [6, 6.07) is 0. The molecule has 17 heavy (non-hydrogen) atoms. The molecule has 0 fully saturated rings. The molecule has 0 saturated carbocycles. The van der Waals surface area contributed by atoms with Crippen molar-refractivity contribution in [1.29, 1.82) is 0 Å². The summed E-state index contributed by atoms with van der Waals surface area (Å²) in [4.78, 5) is 10.3. The number of hydrogen-bond donors (Lipinski definition) is 1. The van der Waals surface area contributed by atoms with Crippen molar-refractivity contribution >= 4 is 29.0 Å². The van der Waals surface area contributed by atoms with Crippen molar-refractivity contribution in [3.05, 3.63) is 0 Å². The van der Waals surface area contributed by atoms with Crippen LogP contribution in [0.3, 0.4) is 0 Å². The molecule has 0 heterocycles. The Morgan fingerprint density at radius 3 is 1.47 bits per heavy atom. The maximum atomic E-state index is 10.3. The van der Waals surface area contributed by atoms with E-state index in [9.17, 15) is 4.79 Å². The minimum atomic E-state index is -0.657. The summed E-state index contributed by atoms with van der Waals surface area (Å²) in [5.74, 6) is -0.657. The molecular weight excluding hydrogens is 224 g/mol. The second-order valence-corrected chi connectivity index (χ2v) is 4.68. The molecule has 0 aliphatic carbocycles. The first kappa shape index (κ1) is 19.6. The monoisotopic (exact) mass is 252 g/mol. The van der Waals surface area contributed by atoms with E-state index in [2.05, 4.69) is 6.92 Å². The van der Waals surface area contributed by atoms with Gasteiger partial charge in [0.25, 0.3) is 0 Å². The summed E-state index contributed by atoms with van der Waals surface area (Å²) in [6.07, 6.45) is 14.4. The molecule has 0 bridgehead atoms. The summed E-state index contributed by atoms with van der Waals surface area (Å²) < 4.78 is 0. The normalized spacial score (nSPS) is 9.94. The van der Waals surface area contributed by atoms with Crippen LogP contribution in [0.5, 0.6) is 0 Å². The molecule has 0 amide bonds. The van der Waals surface area contributed by atoms with Crippen LogP contribution in [0.4, 0.5) is 0 Å². The molecule has 0 rings (SSSR count). The maximum absolute atomic E-state index is 10.3. The first-order chi connectivity index (χ1) is 7.77. The standard InChI is InChI=1S/C14H28O2.Mg/c1-2-3-4-5-6-7-8-9-10-11-12-13-14(15)16;/h2-13H2,1H3,(H,15,16);. The van der Waals surface area contributed by atoms with Crippen LogP contribution in [-0.4, -0.2) is 34.1 Å². The highest BCUT2D eigenvalue weighted by Crippen LogP contribution is 2.11. The molecular formula is C14H28MgO2. The smallest absolute Gasteiger partial charge is 0.303 e. The van der Waals surface area contributed by atoms with E-state index in [0.717, 1.165) is 12.8 Å². The van der Waals surface area contributed by atoms with Gasteiger partial charge in [0, 0.05) is 29.5 Å². The van der Waals surface area contributed by atoms with Crippen LogP contribution in [0.2, 0.25) is 0 Å². The van der Waals surface area contributed by atoms with E-state index < -0.39 is 5.97 Å². The van der Waals surface area contributed by atoms with Crippen molar-refractivity contribution in [2.24, 2.45) is 0 Å². The number of carboxylic acid groups (broad SMARTS) is 1. The molecule has 1 N–H and O–H groups in total. The third-order valence-corrected chi connectivity index (χ3v) is 2.99. The first-order valence-corrected chi connectivity index (χ1v) is 6.99. The van der Waals surface area contributed by atoms with Gasteiger partial charge in [0.2, 0.25) is 0 Å². The highest BCUT2D eigenvalue weighted by Gasteiger charge is 1.96. The Kier molecular flexibility index (Phi) is 18.7. The average molecular weight is 253 g/mol. The molecule has 2 radical (unpaired) electrons. The fraction of sp³-hybridized carbons (Fsp3) is 0.929. The fourth-order valence-corrected chi connectivity index (χ4v) is 1.94. The average Bonchev–Trinajstić information content (AvgIpc) is 2.25. The summed E-state index contributed by atoms with van der Waals surface area (Å²) in [6.45, 7) is 2.25. The van der Waals surface area contributed by atoms with Crippen LogP contribution >= 0.6 is 0 Å². The summed E-state index contributed by atoms with van der Waals surface area (Å²) in [7, 11) is 0. The van der Waals surface area contributed by atoms with Crippen molar-refractivity contribution in [2.45, 2.75) is 84.0 Å². The summed E-state index contributed by atoms with van der Waals surface area (Å²) in [5, 5.41) is 8.46. The van der Waals surface area contributed by atoms with E-state index in [0.29, 0.717) is 6.42 Å².